The highest BCUT2D eigenvalue weighted by atomic mass is 19.1. The number of aromatic amines is 1. The zero-order valence-corrected chi connectivity index (χ0v) is 10.6. The zero-order chi connectivity index (χ0) is 13.1. The van der Waals surface area contributed by atoms with Crippen molar-refractivity contribution in [2.24, 2.45) is 0 Å². The highest BCUT2D eigenvalue weighted by Gasteiger charge is 2.22. The molecule has 5 nitrogen and oxygen atoms in total. The number of rotatable bonds is 3. The number of likely N-dealkylation sites (tertiary alicyclic amines) is 1. The van der Waals surface area contributed by atoms with Crippen LogP contribution in [0.15, 0.2) is 24.8 Å². The first-order valence-corrected chi connectivity index (χ1v) is 6.49. The minimum absolute atomic E-state index is 0.222. The van der Waals surface area contributed by atoms with Crippen LogP contribution in [0.25, 0.3) is 0 Å². The first kappa shape index (κ1) is 12.2. The van der Waals surface area contributed by atoms with E-state index in [2.05, 4.69) is 25.1 Å². The maximum atomic E-state index is 13.5. The van der Waals surface area contributed by atoms with Gasteiger partial charge in [0.25, 0.3) is 0 Å². The number of halogens is 1. The lowest BCUT2D eigenvalue weighted by molar-refractivity contribution is 0.199. The van der Waals surface area contributed by atoms with Gasteiger partial charge in [-0.25, -0.2) is 9.37 Å². The monoisotopic (exact) mass is 261 g/mol. The molecule has 3 heterocycles. The van der Waals surface area contributed by atoms with Crippen LogP contribution in [-0.4, -0.2) is 38.2 Å². The summed E-state index contributed by atoms with van der Waals surface area (Å²) in [5, 5.41) is 6.82. The molecule has 0 spiro atoms. The van der Waals surface area contributed by atoms with Gasteiger partial charge in [0, 0.05) is 24.2 Å². The fourth-order valence-electron chi connectivity index (χ4n) is 2.55. The van der Waals surface area contributed by atoms with Crippen LogP contribution in [0.4, 0.5) is 4.39 Å². The van der Waals surface area contributed by atoms with Crippen molar-refractivity contribution in [1.29, 1.82) is 0 Å². The molecule has 1 aliphatic rings. The third-order valence-electron chi connectivity index (χ3n) is 3.66. The number of pyridine rings is 1. The van der Waals surface area contributed by atoms with Gasteiger partial charge in [0.1, 0.15) is 18.0 Å². The second kappa shape index (κ2) is 5.44. The number of hydrogen-bond donors (Lipinski definition) is 1. The fourth-order valence-corrected chi connectivity index (χ4v) is 2.55. The van der Waals surface area contributed by atoms with E-state index in [-0.39, 0.29) is 5.82 Å². The Balaban J connectivity index is 1.57. The number of nitrogens with zero attached hydrogens (tertiary/aromatic N) is 4. The van der Waals surface area contributed by atoms with Crippen molar-refractivity contribution in [3.8, 4) is 0 Å². The van der Waals surface area contributed by atoms with Crippen molar-refractivity contribution in [3.63, 3.8) is 0 Å². The lowest BCUT2D eigenvalue weighted by atomic mass is 9.96. The van der Waals surface area contributed by atoms with Crippen LogP contribution in [0, 0.1) is 5.82 Å². The number of aromatic nitrogens is 4. The van der Waals surface area contributed by atoms with Gasteiger partial charge in [-0.15, -0.1) is 0 Å². The van der Waals surface area contributed by atoms with Crippen LogP contribution in [0.5, 0.6) is 0 Å². The Labute approximate surface area is 110 Å². The Morgan fingerprint density at radius 3 is 2.89 bits per heavy atom. The van der Waals surface area contributed by atoms with Crippen molar-refractivity contribution in [2.75, 3.05) is 13.1 Å². The second-order valence-corrected chi connectivity index (χ2v) is 4.89. The van der Waals surface area contributed by atoms with Gasteiger partial charge < -0.3 is 0 Å². The summed E-state index contributed by atoms with van der Waals surface area (Å²) in [5.74, 6) is 1.19. The summed E-state index contributed by atoms with van der Waals surface area (Å²) in [4.78, 5) is 10.2. The second-order valence-electron chi connectivity index (χ2n) is 4.89. The fraction of sp³-hybridized carbons (Fsp3) is 0.462. The van der Waals surface area contributed by atoms with Crippen molar-refractivity contribution in [3.05, 3.63) is 42.0 Å². The van der Waals surface area contributed by atoms with E-state index in [0.29, 0.717) is 18.0 Å². The van der Waals surface area contributed by atoms with Crippen LogP contribution in [-0.2, 0) is 6.54 Å². The van der Waals surface area contributed by atoms with Crippen LogP contribution in [0.1, 0.15) is 30.1 Å². The van der Waals surface area contributed by atoms with E-state index in [1.807, 2.05) is 0 Å². The molecule has 3 rings (SSSR count). The molecule has 100 valence electrons. The summed E-state index contributed by atoms with van der Waals surface area (Å²) in [5.41, 5.74) is 0.716. The average Bonchev–Trinajstić information content (AvgIpc) is 2.96. The summed E-state index contributed by atoms with van der Waals surface area (Å²) in [7, 11) is 0. The number of H-pyrrole nitrogens is 1. The van der Waals surface area contributed by atoms with E-state index < -0.39 is 0 Å². The SMILES string of the molecule is Fc1cnccc1CN1CCC(c2ncn[nH]2)CC1. The third kappa shape index (κ3) is 2.78. The van der Waals surface area contributed by atoms with Gasteiger partial charge in [0.2, 0.25) is 0 Å². The van der Waals surface area contributed by atoms with Crippen LogP contribution < -0.4 is 0 Å². The van der Waals surface area contributed by atoms with E-state index in [1.165, 1.54) is 6.20 Å². The lowest BCUT2D eigenvalue weighted by Crippen LogP contribution is -2.33. The van der Waals surface area contributed by atoms with E-state index >= 15 is 0 Å². The van der Waals surface area contributed by atoms with Crippen LogP contribution in [0.3, 0.4) is 0 Å². The molecule has 0 radical (unpaired) electrons. The predicted octanol–water partition coefficient (Wildman–Crippen LogP) is 1.72. The van der Waals surface area contributed by atoms with Gasteiger partial charge in [0.05, 0.1) is 6.20 Å². The van der Waals surface area contributed by atoms with Gasteiger partial charge in [-0.1, -0.05) is 0 Å². The largest absolute Gasteiger partial charge is 0.299 e. The van der Waals surface area contributed by atoms with E-state index in [9.17, 15) is 4.39 Å². The number of hydrogen-bond acceptors (Lipinski definition) is 4. The van der Waals surface area contributed by atoms with Gasteiger partial charge in [0.15, 0.2) is 0 Å². The lowest BCUT2D eigenvalue weighted by Gasteiger charge is -2.30. The van der Waals surface area contributed by atoms with Gasteiger partial charge in [-0.3, -0.25) is 15.0 Å². The van der Waals surface area contributed by atoms with Gasteiger partial charge in [-0.2, -0.15) is 5.10 Å². The molecule has 1 fully saturated rings. The predicted molar refractivity (Wildman–Crippen MR) is 67.8 cm³/mol. The zero-order valence-electron chi connectivity index (χ0n) is 10.6. The molecule has 0 aromatic carbocycles. The molecule has 0 aliphatic carbocycles. The molecule has 19 heavy (non-hydrogen) atoms. The number of piperidine rings is 1. The molecule has 1 aliphatic heterocycles. The summed E-state index contributed by atoms with van der Waals surface area (Å²) in [6, 6.07) is 1.75. The smallest absolute Gasteiger partial charge is 0.145 e. The highest BCUT2D eigenvalue weighted by molar-refractivity contribution is 5.12. The summed E-state index contributed by atoms with van der Waals surface area (Å²) in [6.45, 7) is 2.55. The Bertz CT molecular complexity index is 520. The third-order valence-corrected chi connectivity index (χ3v) is 3.66. The quantitative estimate of drug-likeness (QED) is 0.914. The minimum Gasteiger partial charge on any atom is -0.299 e. The van der Waals surface area contributed by atoms with Crippen molar-refractivity contribution in [2.45, 2.75) is 25.3 Å². The van der Waals surface area contributed by atoms with Crippen LogP contribution >= 0.6 is 0 Å². The molecule has 0 atom stereocenters. The molecule has 2 aromatic rings. The molecule has 6 heteroatoms. The Morgan fingerprint density at radius 2 is 2.21 bits per heavy atom. The molecule has 0 amide bonds. The molecular formula is C13H16FN5. The van der Waals surface area contributed by atoms with Crippen LogP contribution in [0.2, 0.25) is 0 Å². The first-order chi connectivity index (χ1) is 9.33. The van der Waals surface area contributed by atoms with E-state index in [1.54, 1.807) is 18.6 Å². The normalized spacial score (nSPS) is 17.7. The van der Waals surface area contributed by atoms with E-state index in [0.717, 1.165) is 31.8 Å². The highest BCUT2D eigenvalue weighted by Crippen LogP contribution is 2.25. The average molecular weight is 261 g/mol. The molecule has 0 bridgehead atoms. The Hall–Kier alpha value is -1.82. The molecular weight excluding hydrogens is 245 g/mol. The molecule has 0 unspecified atom stereocenters. The van der Waals surface area contributed by atoms with E-state index in [4.69, 9.17) is 0 Å². The molecule has 0 saturated carbocycles. The van der Waals surface area contributed by atoms with Crippen molar-refractivity contribution < 1.29 is 4.39 Å². The van der Waals surface area contributed by atoms with Crippen molar-refractivity contribution in [1.82, 2.24) is 25.1 Å². The van der Waals surface area contributed by atoms with Gasteiger partial charge in [-0.05, 0) is 32.0 Å². The summed E-state index contributed by atoms with van der Waals surface area (Å²) >= 11 is 0. The number of nitrogens with one attached hydrogen (secondary N) is 1. The standard InChI is InChI=1S/C13H16FN5/c14-12-7-15-4-1-11(12)8-19-5-2-10(3-6-19)13-16-9-17-18-13/h1,4,7,9-10H,2-3,5-6,8H2,(H,16,17,18). The summed E-state index contributed by atoms with van der Waals surface area (Å²) in [6.07, 6.45) is 6.52. The minimum atomic E-state index is -0.222. The molecule has 2 aromatic heterocycles. The Kier molecular flexibility index (Phi) is 3.50. The van der Waals surface area contributed by atoms with Gasteiger partial charge >= 0.3 is 0 Å². The maximum absolute atomic E-state index is 13.5. The Morgan fingerprint density at radius 1 is 1.37 bits per heavy atom. The molecule has 1 saturated heterocycles. The topological polar surface area (TPSA) is 57.7 Å². The first-order valence-electron chi connectivity index (χ1n) is 6.49. The maximum Gasteiger partial charge on any atom is 0.145 e. The summed E-state index contributed by atoms with van der Waals surface area (Å²) < 4.78 is 13.5. The molecule has 1 N–H and O–H groups in total. The van der Waals surface area contributed by atoms with Crippen molar-refractivity contribution >= 4 is 0 Å².